The molecule has 2 aliphatic rings. The first-order chi connectivity index (χ1) is 13.3. The predicted molar refractivity (Wildman–Crippen MR) is 106 cm³/mol. The third-order valence-corrected chi connectivity index (χ3v) is 6.47. The zero-order valence-corrected chi connectivity index (χ0v) is 16.2. The minimum absolute atomic E-state index is 0.197. The molecule has 0 spiro atoms. The fourth-order valence-electron chi connectivity index (χ4n) is 5.11. The molecule has 3 unspecified atom stereocenters. The van der Waals surface area contributed by atoms with Crippen LogP contribution in [0.1, 0.15) is 35.6 Å². The van der Waals surface area contributed by atoms with Gasteiger partial charge in [0, 0.05) is 26.1 Å². The summed E-state index contributed by atoms with van der Waals surface area (Å²) in [6.07, 6.45) is 1.49. The van der Waals surface area contributed by atoms with Gasteiger partial charge < -0.3 is 15.3 Å². The summed E-state index contributed by atoms with van der Waals surface area (Å²) in [4.78, 5) is 2.27. The van der Waals surface area contributed by atoms with Crippen LogP contribution < -0.4 is 0 Å². The van der Waals surface area contributed by atoms with Crippen molar-refractivity contribution in [2.45, 2.75) is 37.9 Å². The molecule has 1 aliphatic heterocycles. The minimum atomic E-state index is -0.723. The Morgan fingerprint density at radius 1 is 1.11 bits per heavy atom. The number of likely N-dealkylation sites (tertiary alicyclic amines) is 1. The Morgan fingerprint density at radius 2 is 1.75 bits per heavy atom. The molecule has 28 heavy (non-hydrogen) atoms. The fraction of sp³-hybridized carbons (Fsp3) is 0.478. The van der Waals surface area contributed by atoms with E-state index in [1.54, 1.807) is 30.3 Å². The molecule has 1 saturated carbocycles. The van der Waals surface area contributed by atoms with Crippen molar-refractivity contribution in [1.29, 1.82) is 0 Å². The van der Waals surface area contributed by atoms with Crippen LogP contribution in [0.3, 0.4) is 0 Å². The van der Waals surface area contributed by atoms with Gasteiger partial charge in [0.15, 0.2) is 0 Å². The van der Waals surface area contributed by atoms with Gasteiger partial charge in [-0.3, -0.25) is 4.90 Å². The summed E-state index contributed by atoms with van der Waals surface area (Å²) < 4.78 is 13.3. The van der Waals surface area contributed by atoms with Crippen molar-refractivity contribution >= 4 is 0 Å². The molecule has 0 amide bonds. The zero-order valence-electron chi connectivity index (χ0n) is 16.2. The monoisotopic (exact) mass is 385 g/mol. The van der Waals surface area contributed by atoms with E-state index in [1.807, 2.05) is 6.92 Å². The second-order valence-electron chi connectivity index (χ2n) is 8.73. The average Bonchev–Trinajstić information content (AvgIpc) is 3.12. The van der Waals surface area contributed by atoms with Gasteiger partial charge in [0.05, 0.1) is 11.7 Å². The van der Waals surface area contributed by atoms with Gasteiger partial charge in [0.2, 0.25) is 0 Å². The molecule has 2 fully saturated rings. The number of benzene rings is 2. The molecule has 0 aromatic heterocycles. The normalized spacial score (nSPS) is 28.4. The van der Waals surface area contributed by atoms with Crippen LogP contribution in [-0.4, -0.2) is 45.5 Å². The highest BCUT2D eigenvalue weighted by Gasteiger charge is 2.48. The number of fused-ring (bicyclic) bond motifs is 1. The topological polar surface area (TPSA) is 63.9 Å². The van der Waals surface area contributed by atoms with Gasteiger partial charge in [-0.25, -0.2) is 4.39 Å². The van der Waals surface area contributed by atoms with Crippen LogP contribution in [0.5, 0.6) is 5.75 Å². The van der Waals surface area contributed by atoms with Crippen molar-refractivity contribution in [3.8, 4) is 5.75 Å². The maximum atomic E-state index is 13.3. The fourth-order valence-corrected chi connectivity index (χ4v) is 5.11. The number of hydrogen-bond donors (Lipinski definition) is 3. The van der Waals surface area contributed by atoms with E-state index < -0.39 is 11.7 Å². The quantitative estimate of drug-likeness (QED) is 0.740. The smallest absolute Gasteiger partial charge is 0.123 e. The van der Waals surface area contributed by atoms with Crippen LogP contribution in [0.15, 0.2) is 42.5 Å². The van der Waals surface area contributed by atoms with Crippen molar-refractivity contribution in [3.05, 3.63) is 65.0 Å². The van der Waals surface area contributed by atoms with Gasteiger partial charge in [-0.2, -0.15) is 0 Å². The lowest BCUT2D eigenvalue weighted by Crippen LogP contribution is -2.33. The Balaban J connectivity index is 1.34. The molecule has 150 valence electrons. The maximum absolute atomic E-state index is 13.3. The zero-order chi connectivity index (χ0) is 19.9. The molecule has 3 N–H and O–H groups in total. The third-order valence-electron chi connectivity index (χ3n) is 6.47. The number of aromatic hydroxyl groups is 1. The van der Waals surface area contributed by atoms with Crippen molar-refractivity contribution in [3.63, 3.8) is 0 Å². The highest BCUT2D eigenvalue weighted by Crippen LogP contribution is 2.45. The van der Waals surface area contributed by atoms with Crippen molar-refractivity contribution < 1.29 is 19.7 Å². The number of halogens is 1. The Kier molecular flexibility index (Phi) is 5.17. The van der Waals surface area contributed by atoms with E-state index >= 15 is 0 Å². The van der Waals surface area contributed by atoms with Crippen molar-refractivity contribution in [2.75, 3.05) is 19.6 Å². The van der Waals surface area contributed by atoms with Gasteiger partial charge in [-0.15, -0.1) is 0 Å². The number of β-amino-alcohol motifs (C(OH)–C–C–N with tert-alkyl or cyclic N) is 1. The molecule has 1 aliphatic carbocycles. The van der Waals surface area contributed by atoms with E-state index in [4.69, 9.17) is 0 Å². The average molecular weight is 385 g/mol. The number of hydrogen-bond acceptors (Lipinski definition) is 4. The first kappa shape index (κ1) is 19.4. The highest BCUT2D eigenvalue weighted by molar-refractivity contribution is 5.29. The molecule has 5 heteroatoms. The molecule has 2 aromatic carbocycles. The number of rotatable bonds is 5. The van der Waals surface area contributed by atoms with Crippen LogP contribution in [0.25, 0.3) is 0 Å². The summed E-state index contributed by atoms with van der Waals surface area (Å²) in [6.45, 7) is 4.21. The van der Waals surface area contributed by atoms with Crippen LogP contribution >= 0.6 is 0 Å². The van der Waals surface area contributed by atoms with E-state index in [2.05, 4.69) is 4.90 Å². The first-order valence-electron chi connectivity index (χ1n) is 9.98. The Morgan fingerprint density at radius 3 is 2.36 bits per heavy atom. The predicted octanol–water partition coefficient (Wildman–Crippen LogP) is 3.19. The van der Waals surface area contributed by atoms with Gasteiger partial charge in [0.25, 0.3) is 0 Å². The molecule has 0 radical (unpaired) electrons. The van der Waals surface area contributed by atoms with Crippen LogP contribution in [0.2, 0.25) is 0 Å². The van der Waals surface area contributed by atoms with E-state index in [1.165, 1.54) is 12.1 Å². The van der Waals surface area contributed by atoms with Gasteiger partial charge in [0.1, 0.15) is 11.6 Å². The number of aryl methyl sites for hydroxylation is 1. The Bertz CT molecular complexity index is 824. The second-order valence-corrected chi connectivity index (χ2v) is 8.73. The summed E-state index contributed by atoms with van der Waals surface area (Å²) in [6, 6.07) is 11.5. The lowest BCUT2D eigenvalue weighted by atomic mass is 9.89. The lowest BCUT2D eigenvalue weighted by Gasteiger charge is -2.27. The number of aliphatic hydroxyl groups is 2. The maximum Gasteiger partial charge on any atom is 0.123 e. The lowest BCUT2D eigenvalue weighted by molar-refractivity contribution is 0.0327. The van der Waals surface area contributed by atoms with E-state index in [0.29, 0.717) is 24.8 Å². The summed E-state index contributed by atoms with van der Waals surface area (Å²) in [5, 5.41) is 31.0. The number of phenols is 1. The largest absolute Gasteiger partial charge is 0.508 e. The molecule has 1 saturated heterocycles. The summed E-state index contributed by atoms with van der Waals surface area (Å²) in [5.74, 6) is 0.817. The van der Waals surface area contributed by atoms with E-state index in [9.17, 15) is 19.7 Å². The molecular formula is C23H28FNO3. The van der Waals surface area contributed by atoms with Crippen LogP contribution in [-0.2, 0) is 6.42 Å². The van der Waals surface area contributed by atoms with Gasteiger partial charge in [-0.1, -0.05) is 18.2 Å². The van der Waals surface area contributed by atoms with E-state index in [-0.39, 0.29) is 11.6 Å². The number of phenolic OH excluding ortho intramolecular Hbond substituents is 1. The van der Waals surface area contributed by atoms with Crippen molar-refractivity contribution in [1.82, 2.24) is 4.90 Å². The molecule has 4 rings (SSSR count). The molecule has 1 heterocycles. The minimum Gasteiger partial charge on any atom is -0.508 e. The van der Waals surface area contributed by atoms with E-state index in [0.717, 1.165) is 42.6 Å². The van der Waals surface area contributed by atoms with Gasteiger partial charge >= 0.3 is 0 Å². The number of aliphatic hydroxyl groups excluding tert-OH is 1. The third kappa shape index (κ3) is 4.07. The molecular weight excluding hydrogens is 357 g/mol. The Hall–Kier alpha value is -1.95. The molecule has 0 bridgehead atoms. The first-order valence-corrected chi connectivity index (χ1v) is 9.98. The van der Waals surface area contributed by atoms with Crippen LogP contribution in [0, 0.1) is 24.6 Å². The number of nitrogens with zero attached hydrogens (tertiary/aromatic N) is 1. The molecule has 2 aromatic rings. The standard InChI is InChI=1S/C23H28FNO3/c1-15-8-20(24)5-2-17(15)9-23(28)10-18-12-25(13-19(18)11-23)14-22(27)16-3-6-21(26)7-4-16/h2-8,18-19,22,26-28H,9-14H2,1H3/t18-,19?,22?,23?/m1/s1. The Labute approximate surface area is 165 Å². The summed E-state index contributed by atoms with van der Waals surface area (Å²) in [7, 11) is 0. The molecule has 4 atom stereocenters. The van der Waals surface area contributed by atoms with Crippen molar-refractivity contribution in [2.24, 2.45) is 11.8 Å². The summed E-state index contributed by atoms with van der Waals surface area (Å²) >= 11 is 0. The second kappa shape index (κ2) is 7.47. The van der Waals surface area contributed by atoms with Gasteiger partial charge in [-0.05, 0) is 72.6 Å². The highest BCUT2D eigenvalue weighted by atomic mass is 19.1. The SMILES string of the molecule is Cc1cc(F)ccc1CC1(O)CC2CN(CC(O)c3ccc(O)cc3)C[C@H]2C1. The summed E-state index contributed by atoms with van der Waals surface area (Å²) in [5.41, 5.74) is 1.99. The van der Waals surface area contributed by atoms with Crippen LogP contribution in [0.4, 0.5) is 4.39 Å². The molecule has 4 nitrogen and oxygen atoms in total.